The summed E-state index contributed by atoms with van der Waals surface area (Å²) in [5.41, 5.74) is 4.61. The molecule has 0 saturated carbocycles. The molecular formula is C4H8N2O3. The Bertz CT molecular complexity index is 112. The normalized spacial score (nSPS) is 9.78. The predicted molar refractivity (Wildman–Crippen MR) is 30.4 cm³/mol. The molecule has 0 aliphatic rings. The average Bonchev–Trinajstić information content (AvgIpc) is 1.80. The second-order valence-corrected chi connectivity index (χ2v) is 1.25. The number of carbonyl (C=O) groups is 1. The highest BCUT2D eigenvalue weighted by Gasteiger charge is 1.88. The second-order valence-electron chi connectivity index (χ2n) is 1.25. The van der Waals surface area contributed by atoms with Gasteiger partial charge >= 0.3 is 6.09 Å². The Kier molecular flexibility index (Phi) is 4.20. The standard InChI is InChI=1S/C4H8N2O3/c5-4(7)9-3-1-2-6-8/h2,8H,1,3H2,(H2,5,7). The topological polar surface area (TPSA) is 84.9 Å². The van der Waals surface area contributed by atoms with Crippen molar-refractivity contribution in [2.75, 3.05) is 6.61 Å². The van der Waals surface area contributed by atoms with Crippen LogP contribution < -0.4 is 5.73 Å². The van der Waals surface area contributed by atoms with Crippen LogP contribution in [-0.2, 0) is 4.74 Å². The number of amides is 1. The second kappa shape index (κ2) is 4.89. The number of hydrogen-bond donors (Lipinski definition) is 2. The average molecular weight is 132 g/mol. The van der Waals surface area contributed by atoms with Crippen molar-refractivity contribution in [2.24, 2.45) is 10.9 Å². The van der Waals surface area contributed by atoms with Crippen LogP contribution in [0.5, 0.6) is 0 Å². The maximum Gasteiger partial charge on any atom is 0.404 e. The highest BCUT2D eigenvalue weighted by atomic mass is 16.5. The van der Waals surface area contributed by atoms with Gasteiger partial charge in [-0.3, -0.25) is 0 Å². The van der Waals surface area contributed by atoms with Gasteiger partial charge < -0.3 is 15.7 Å². The molecule has 0 spiro atoms. The predicted octanol–water partition coefficient (Wildman–Crippen LogP) is -0.0682. The minimum absolute atomic E-state index is 0.152. The summed E-state index contributed by atoms with van der Waals surface area (Å²) < 4.78 is 4.28. The van der Waals surface area contributed by atoms with Crippen molar-refractivity contribution in [1.29, 1.82) is 0 Å². The smallest absolute Gasteiger partial charge is 0.404 e. The Morgan fingerprint density at radius 1 is 1.89 bits per heavy atom. The lowest BCUT2D eigenvalue weighted by Crippen LogP contribution is -2.13. The van der Waals surface area contributed by atoms with Gasteiger partial charge in [0.05, 0.1) is 6.61 Å². The zero-order chi connectivity index (χ0) is 7.11. The first-order valence-electron chi connectivity index (χ1n) is 2.35. The van der Waals surface area contributed by atoms with Gasteiger partial charge in [0.15, 0.2) is 0 Å². The monoisotopic (exact) mass is 132 g/mol. The van der Waals surface area contributed by atoms with E-state index >= 15 is 0 Å². The van der Waals surface area contributed by atoms with Crippen molar-refractivity contribution in [1.82, 2.24) is 0 Å². The zero-order valence-corrected chi connectivity index (χ0v) is 4.78. The summed E-state index contributed by atoms with van der Waals surface area (Å²) in [4.78, 5) is 9.86. The maximum atomic E-state index is 9.86. The molecule has 0 saturated heterocycles. The van der Waals surface area contributed by atoms with E-state index in [-0.39, 0.29) is 6.61 Å². The van der Waals surface area contributed by atoms with Crippen molar-refractivity contribution >= 4 is 12.3 Å². The third-order valence-corrected chi connectivity index (χ3v) is 0.573. The van der Waals surface area contributed by atoms with Gasteiger partial charge in [-0.25, -0.2) is 4.79 Å². The van der Waals surface area contributed by atoms with Gasteiger partial charge in [-0.05, 0) is 0 Å². The van der Waals surface area contributed by atoms with Gasteiger partial charge in [0.1, 0.15) is 0 Å². The molecule has 0 aromatic carbocycles. The molecule has 5 heteroatoms. The number of oxime groups is 1. The van der Waals surface area contributed by atoms with Crippen LogP contribution in [0.2, 0.25) is 0 Å². The summed E-state index contributed by atoms with van der Waals surface area (Å²) in [7, 11) is 0. The van der Waals surface area contributed by atoms with Gasteiger partial charge in [0.25, 0.3) is 0 Å². The van der Waals surface area contributed by atoms with E-state index in [0.717, 1.165) is 0 Å². The number of nitrogens with zero attached hydrogens (tertiary/aromatic N) is 1. The van der Waals surface area contributed by atoms with E-state index in [1.54, 1.807) is 0 Å². The molecule has 52 valence electrons. The van der Waals surface area contributed by atoms with E-state index in [0.29, 0.717) is 6.42 Å². The fourth-order valence-corrected chi connectivity index (χ4v) is 0.270. The molecule has 3 N–H and O–H groups in total. The fraction of sp³-hybridized carbons (Fsp3) is 0.500. The molecule has 0 rings (SSSR count). The molecule has 1 amide bonds. The number of hydrogen-bond acceptors (Lipinski definition) is 4. The van der Waals surface area contributed by atoms with E-state index in [2.05, 4.69) is 15.6 Å². The number of carbonyl (C=O) groups excluding carboxylic acids is 1. The van der Waals surface area contributed by atoms with E-state index in [4.69, 9.17) is 5.21 Å². The summed E-state index contributed by atoms with van der Waals surface area (Å²) in [6.45, 7) is 0.152. The van der Waals surface area contributed by atoms with E-state index < -0.39 is 6.09 Å². The molecule has 0 aliphatic carbocycles. The third kappa shape index (κ3) is 6.74. The van der Waals surface area contributed by atoms with Crippen molar-refractivity contribution in [3.05, 3.63) is 0 Å². The Labute approximate surface area is 52.1 Å². The summed E-state index contributed by atoms with van der Waals surface area (Å²) >= 11 is 0. The summed E-state index contributed by atoms with van der Waals surface area (Å²) in [5, 5.41) is 10.5. The first kappa shape index (κ1) is 7.74. The third-order valence-electron chi connectivity index (χ3n) is 0.573. The molecule has 5 nitrogen and oxygen atoms in total. The largest absolute Gasteiger partial charge is 0.449 e. The number of ether oxygens (including phenoxy) is 1. The molecule has 0 bridgehead atoms. The van der Waals surface area contributed by atoms with E-state index in [1.165, 1.54) is 6.21 Å². The molecule has 0 unspecified atom stereocenters. The number of primary amides is 1. The van der Waals surface area contributed by atoms with Gasteiger partial charge in [-0.1, -0.05) is 0 Å². The molecule has 0 aromatic heterocycles. The lowest BCUT2D eigenvalue weighted by molar-refractivity contribution is 0.160. The highest BCUT2D eigenvalue weighted by Crippen LogP contribution is 1.77. The number of rotatable bonds is 3. The van der Waals surface area contributed by atoms with E-state index in [1.807, 2.05) is 0 Å². The van der Waals surface area contributed by atoms with Gasteiger partial charge in [0, 0.05) is 12.6 Å². The molecule has 0 heterocycles. The van der Waals surface area contributed by atoms with Crippen LogP contribution in [0.3, 0.4) is 0 Å². The summed E-state index contributed by atoms with van der Waals surface area (Å²) in [6, 6.07) is 0. The molecule has 0 radical (unpaired) electrons. The Morgan fingerprint density at radius 3 is 3.00 bits per heavy atom. The molecule has 0 fully saturated rings. The lowest BCUT2D eigenvalue weighted by atomic mass is 10.5. The zero-order valence-electron chi connectivity index (χ0n) is 4.78. The van der Waals surface area contributed by atoms with Gasteiger partial charge in [-0.2, -0.15) is 0 Å². The Morgan fingerprint density at radius 2 is 2.56 bits per heavy atom. The van der Waals surface area contributed by atoms with Crippen LogP contribution in [0.1, 0.15) is 6.42 Å². The molecule has 0 aromatic rings. The van der Waals surface area contributed by atoms with Crippen LogP contribution in [0.4, 0.5) is 4.79 Å². The van der Waals surface area contributed by atoms with Crippen LogP contribution in [0.15, 0.2) is 5.16 Å². The van der Waals surface area contributed by atoms with Crippen molar-refractivity contribution < 1.29 is 14.7 Å². The van der Waals surface area contributed by atoms with Crippen molar-refractivity contribution in [3.63, 3.8) is 0 Å². The Balaban J connectivity index is 3.01. The van der Waals surface area contributed by atoms with Gasteiger partial charge in [0.2, 0.25) is 0 Å². The summed E-state index contributed by atoms with van der Waals surface area (Å²) in [5.74, 6) is 0. The van der Waals surface area contributed by atoms with Crippen LogP contribution in [0, 0.1) is 0 Å². The van der Waals surface area contributed by atoms with Crippen molar-refractivity contribution in [2.45, 2.75) is 6.42 Å². The fourth-order valence-electron chi connectivity index (χ4n) is 0.270. The van der Waals surface area contributed by atoms with Crippen LogP contribution in [0.25, 0.3) is 0 Å². The first-order chi connectivity index (χ1) is 4.27. The van der Waals surface area contributed by atoms with Crippen LogP contribution >= 0.6 is 0 Å². The minimum atomic E-state index is -0.818. The Hall–Kier alpha value is -1.26. The summed E-state index contributed by atoms with van der Waals surface area (Å²) in [6.07, 6.45) is 0.767. The molecular weight excluding hydrogens is 124 g/mol. The minimum Gasteiger partial charge on any atom is -0.449 e. The maximum absolute atomic E-state index is 9.86. The highest BCUT2D eigenvalue weighted by molar-refractivity contribution is 5.65. The molecule has 9 heavy (non-hydrogen) atoms. The van der Waals surface area contributed by atoms with Gasteiger partial charge in [-0.15, -0.1) is 5.16 Å². The van der Waals surface area contributed by atoms with E-state index in [9.17, 15) is 4.79 Å². The van der Waals surface area contributed by atoms with Crippen LogP contribution in [-0.4, -0.2) is 24.1 Å². The lowest BCUT2D eigenvalue weighted by Gasteiger charge is -1.94. The quantitative estimate of drug-likeness (QED) is 0.244. The first-order valence-corrected chi connectivity index (χ1v) is 2.35. The molecule has 0 atom stereocenters. The van der Waals surface area contributed by atoms with Crippen molar-refractivity contribution in [3.8, 4) is 0 Å². The SMILES string of the molecule is NC(=O)OCCC=NO. The number of nitrogens with two attached hydrogens (primary N) is 1. The molecule has 0 aliphatic heterocycles.